The van der Waals surface area contributed by atoms with Crippen molar-refractivity contribution in [3.8, 4) is 11.3 Å². The SMILES string of the molecule is NC[C@H]1CC[C@H](C(=O)N[C@@H](Cc2cccc(N)c2)c2nc(-c3ccc4c(N)n[nH]c4c3)c[nH]2)CC1. The van der Waals surface area contributed by atoms with Crippen LogP contribution < -0.4 is 22.5 Å². The fraction of sp³-hybridized carbons (Fsp3) is 0.346. The quantitative estimate of drug-likeness (QED) is 0.226. The first-order valence-electron chi connectivity index (χ1n) is 12.1. The van der Waals surface area contributed by atoms with Crippen molar-refractivity contribution in [2.45, 2.75) is 38.1 Å². The second-order valence-electron chi connectivity index (χ2n) is 9.50. The molecule has 0 bridgehead atoms. The standard InChI is InChI=1S/C26H32N8O/c27-13-15-4-6-17(7-5-15)26(35)32-22(11-16-2-1-3-19(28)10-16)25-30-14-23(31-25)18-8-9-20-21(12-18)33-34-24(20)29/h1-3,8-10,12,14-15,17,22H,4-7,11,13,27-28H2,(H,30,31)(H,32,35)(H3,29,33,34)/t15-,17-,22-/m0/s1. The monoisotopic (exact) mass is 472 g/mol. The van der Waals surface area contributed by atoms with Crippen LogP contribution in [0.5, 0.6) is 0 Å². The van der Waals surface area contributed by atoms with E-state index in [9.17, 15) is 4.79 Å². The number of carbonyl (C=O) groups excluding carboxylic acids is 1. The number of aromatic amines is 2. The molecule has 4 aromatic rings. The lowest BCUT2D eigenvalue weighted by molar-refractivity contribution is -0.127. The second kappa shape index (κ2) is 9.79. The highest BCUT2D eigenvalue weighted by atomic mass is 16.2. The summed E-state index contributed by atoms with van der Waals surface area (Å²) in [5.74, 6) is 1.78. The summed E-state index contributed by atoms with van der Waals surface area (Å²) in [6, 6.07) is 13.3. The van der Waals surface area contributed by atoms with E-state index in [0.29, 0.717) is 36.2 Å². The van der Waals surface area contributed by atoms with Crippen molar-refractivity contribution in [3.05, 3.63) is 60.0 Å². The van der Waals surface area contributed by atoms with Gasteiger partial charge in [0.2, 0.25) is 5.91 Å². The molecule has 1 aliphatic carbocycles. The number of fused-ring (bicyclic) bond motifs is 1. The van der Waals surface area contributed by atoms with Gasteiger partial charge in [0.1, 0.15) is 5.82 Å². The van der Waals surface area contributed by atoms with E-state index in [1.54, 1.807) is 0 Å². The molecule has 1 saturated carbocycles. The maximum absolute atomic E-state index is 13.2. The van der Waals surface area contributed by atoms with Gasteiger partial charge >= 0.3 is 0 Å². The minimum Gasteiger partial charge on any atom is -0.399 e. The molecule has 2 aromatic heterocycles. The van der Waals surface area contributed by atoms with E-state index in [2.05, 4.69) is 20.5 Å². The van der Waals surface area contributed by atoms with Gasteiger partial charge in [-0.15, -0.1) is 0 Å². The van der Waals surface area contributed by atoms with Gasteiger partial charge in [-0.2, -0.15) is 5.10 Å². The van der Waals surface area contributed by atoms with Gasteiger partial charge in [0.15, 0.2) is 5.82 Å². The zero-order chi connectivity index (χ0) is 24.4. The largest absolute Gasteiger partial charge is 0.399 e. The lowest BCUT2D eigenvalue weighted by atomic mass is 9.81. The van der Waals surface area contributed by atoms with Gasteiger partial charge in [-0.05, 0) is 74.4 Å². The molecule has 1 aliphatic rings. The normalized spacial score (nSPS) is 19.0. The second-order valence-corrected chi connectivity index (χ2v) is 9.50. The van der Waals surface area contributed by atoms with Gasteiger partial charge < -0.3 is 27.5 Å². The molecule has 0 unspecified atom stereocenters. The first kappa shape index (κ1) is 22.9. The summed E-state index contributed by atoms with van der Waals surface area (Å²) in [6.45, 7) is 0.693. The number of nitrogens with two attached hydrogens (primary N) is 3. The minimum atomic E-state index is -0.309. The fourth-order valence-electron chi connectivity index (χ4n) is 4.98. The van der Waals surface area contributed by atoms with E-state index >= 15 is 0 Å². The summed E-state index contributed by atoms with van der Waals surface area (Å²) in [6.07, 6.45) is 6.18. The molecule has 9 nitrogen and oxygen atoms in total. The van der Waals surface area contributed by atoms with Crippen LogP contribution in [0.4, 0.5) is 11.5 Å². The Balaban J connectivity index is 1.39. The Morgan fingerprint density at radius 1 is 1.11 bits per heavy atom. The van der Waals surface area contributed by atoms with Crippen LogP contribution in [0.3, 0.4) is 0 Å². The van der Waals surface area contributed by atoms with E-state index in [1.807, 2.05) is 48.7 Å². The number of rotatable bonds is 7. The van der Waals surface area contributed by atoms with Crippen molar-refractivity contribution < 1.29 is 4.79 Å². The topological polar surface area (TPSA) is 165 Å². The number of carbonyl (C=O) groups is 1. The zero-order valence-electron chi connectivity index (χ0n) is 19.6. The summed E-state index contributed by atoms with van der Waals surface area (Å²) < 4.78 is 0. The van der Waals surface area contributed by atoms with Crippen LogP contribution in [-0.4, -0.2) is 32.6 Å². The first-order valence-corrected chi connectivity index (χ1v) is 12.1. The number of anilines is 2. The third-order valence-corrected chi connectivity index (χ3v) is 7.07. The van der Waals surface area contributed by atoms with Crippen molar-refractivity contribution in [2.24, 2.45) is 17.6 Å². The van der Waals surface area contributed by atoms with Crippen molar-refractivity contribution in [2.75, 3.05) is 18.0 Å². The average Bonchev–Trinajstić information content (AvgIpc) is 3.51. The number of aromatic nitrogens is 4. The van der Waals surface area contributed by atoms with Crippen LogP contribution in [0, 0.1) is 11.8 Å². The summed E-state index contributed by atoms with van der Waals surface area (Å²) in [5.41, 5.74) is 22.0. The smallest absolute Gasteiger partial charge is 0.223 e. The third kappa shape index (κ3) is 5.00. The Morgan fingerprint density at radius 2 is 1.94 bits per heavy atom. The Hall–Kier alpha value is -3.85. The summed E-state index contributed by atoms with van der Waals surface area (Å²) in [4.78, 5) is 21.4. The lowest BCUT2D eigenvalue weighted by Gasteiger charge is -2.28. The Labute approximate surface area is 203 Å². The van der Waals surface area contributed by atoms with Gasteiger partial charge in [-0.1, -0.05) is 18.2 Å². The Morgan fingerprint density at radius 3 is 2.71 bits per heavy atom. The van der Waals surface area contributed by atoms with Gasteiger partial charge in [-0.3, -0.25) is 9.89 Å². The van der Waals surface area contributed by atoms with Crippen molar-refractivity contribution >= 4 is 28.3 Å². The molecule has 1 fully saturated rings. The molecule has 9 N–H and O–H groups in total. The predicted octanol–water partition coefficient (Wildman–Crippen LogP) is 3.28. The summed E-state index contributed by atoms with van der Waals surface area (Å²) in [7, 11) is 0. The average molecular weight is 473 g/mol. The molecule has 2 aromatic carbocycles. The van der Waals surface area contributed by atoms with E-state index in [1.165, 1.54) is 0 Å². The van der Waals surface area contributed by atoms with Crippen molar-refractivity contribution in [1.82, 2.24) is 25.5 Å². The van der Waals surface area contributed by atoms with Crippen LogP contribution in [0.1, 0.15) is 43.1 Å². The molecule has 1 atom stereocenters. The molecule has 9 heteroatoms. The van der Waals surface area contributed by atoms with E-state index in [-0.39, 0.29) is 17.9 Å². The summed E-state index contributed by atoms with van der Waals surface area (Å²) >= 11 is 0. The number of hydrogen-bond donors (Lipinski definition) is 6. The maximum Gasteiger partial charge on any atom is 0.223 e. The maximum atomic E-state index is 13.2. The molecule has 5 rings (SSSR count). The molecular weight excluding hydrogens is 440 g/mol. The molecule has 0 spiro atoms. The number of amides is 1. The lowest BCUT2D eigenvalue weighted by Crippen LogP contribution is -2.37. The van der Waals surface area contributed by atoms with Gasteiger partial charge in [0.25, 0.3) is 0 Å². The zero-order valence-corrected chi connectivity index (χ0v) is 19.6. The molecule has 2 heterocycles. The van der Waals surface area contributed by atoms with Crippen LogP contribution >= 0.6 is 0 Å². The molecular formula is C26H32N8O. The van der Waals surface area contributed by atoms with Gasteiger partial charge in [-0.25, -0.2) is 4.98 Å². The minimum absolute atomic E-state index is 0.00354. The number of H-pyrrole nitrogens is 2. The Kier molecular flexibility index (Phi) is 6.41. The molecule has 0 radical (unpaired) electrons. The first-order chi connectivity index (χ1) is 17.0. The number of nitrogens with one attached hydrogen (secondary N) is 3. The van der Waals surface area contributed by atoms with E-state index in [4.69, 9.17) is 22.2 Å². The molecule has 182 valence electrons. The molecule has 0 aliphatic heterocycles. The van der Waals surface area contributed by atoms with Gasteiger partial charge in [0.05, 0.1) is 17.3 Å². The van der Waals surface area contributed by atoms with Crippen LogP contribution in [0.2, 0.25) is 0 Å². The van der Waals surface area contributed by atoms with Crippen molar-refractivity contribution in [1.29, 1.82) is 0 Å². The molecule has 35 heavy (non-hydrogen) atoms. The predicted molar refractivity (Wildman–Crippen MR) is 138 cm³/mol. The van der Waals surface area contributed by atoms with Gasteiger partial charge in [0, 0.05) is 28.8 Å². The highest BCUT2D eigenvalue weighted by Crippen LogP contribution is 2.30. The molecule has 0 saturated heterocycles. The number of hydrogen-bond acceptors (Lipinski definition) is 6. The number of imidazole rings is 1. The third-order valence-electron chi connectivity index (χ3n) is 7.07. The fourth-order valence-corrected chi connectivity index (χ4v) is 4.98. The van der Waals surface area contributed by atoms with Crippen LogP contribution in [0.25, 0.3) is 22.2 Å². The number of nitrogens with zero attached hydrogens (tertiary/aromatic N) is 2. The highest BCUT2D eigenvalue weighted by molar-refractivity contribution is 5.91. The number of benzene rings is 2. The summed E-state index contributed by atoms with van der Waals surface area (Å²) in [5, 5.41) is 11.2. The molecule has 1 amide bonds. The van der Waals surface area contributed by atoms with Crippen LogP contribution in [0.15, 0.2) is 48.7 Å². The van der Waals surface area contributed by atoms with Crippen LogP contribution in [-0.2, 0) is 11.2 Å². The number of nitrogen functional groups attached to an aromatic ring is 2. The van der Waals surface area contributed by atoms with E-state index in [0.717, 1.165) is 53.4 Å². The van der Waals surface area contributed by atoms with Crippen molar-refractivity contribution in [3.63, 3.8) is 0 Å². The highest BCUT2D eigenvalue weighted by Gasteiger charge is 2.28. The van der Waals surface area contributed by atoms with E-state index < -0.39 is 0 Å². The Bertz CT molecular complexity index is 1320.